The highest BCUT2D eigenvalue weighted by Crippen LogP contribution is 2.14. The second kappa shape index (κ2) is 5.42. The van der Waals surface area contributed by atoms with Crippen LogP contribution in [0.3, 0.4) is 0 Å². The number of aromatic nitrogens is 3. The van der Waals surface area contributed by atoms with Crippen LogP contribution in [-0.4, -0.2) is 39.3 Å². The molecule has 2 aromatic rings. The van der Waals surface area contributed by atoms with E-state index in [9.17, 15) is 4.79 Å². The molecule has 1 aliphatic heterocycles. The van der Waals surface area contributed by atoms with Gasteiger partial charge in [-0.25, -0.2) is 4.79 Å². The number of methoxy groups -OCH3 is 1. The number of carbonyl (C=O) groups is 1. The van der Waals surface area contributed by atoms with Gasteiger partial charge < -0.3 is 9.30 Å². The Morgan fingerprint density at radius 3 is 2.85 bits per heavy atom. The van der Waals surface area contributed by atoms with Gasteiger partial charge >= 0.3 is 5.97 Å². The minimum absolute atomic E-state index is 0.303. The molecule has 2 heterocycles. The molecule has 1 aromatic heterocycles. The summed E-state index contributed by atoms with van der Waals surface area (Å²) in [5.41, 5.74) is 1.75. The van der Waals surface area contributed by atoms with Gasteiger partial charge in [-0.1, -0.05) is 12.1 Å². The van der Waals surface area contributed by atoms with Gasteiger partial charge in [-0.3, -0.25) is 4.90 Å². The molecule has 6 heteroatoms. The topological polar surface area (TPSA) is 60.2 Å². The van der Waals surface area contributed by atoms with Crippen LogP contribution in [0.2, 0.25) is 0 Å². The molecule has 0 saturated carbocycles. The van der Waals surface area contributed by atoms with Gasteiger partial charge in [0.2, 0.25) is 0 Å². The summed E-state index contributed by atoms with van der Waals surface area (Å²) in [6.07, 6.45) is 1.78. The van der Waals surface area contributed by atoms with Gasteiger partial charge in [0, 0.05) is 19.6 Å². The minimum atomic E-state index is -0.303. The number of nitrogens with zero attached hydrogens (tertiary/aromatic N) is 4. The first-order valence-electron chi connectivity index (χ1n) is 6.52. The van der Waals surface area contributed by atoms with E-state index in [-0.39, 0.29) is 5.97 Å². The van der Waals surface area contributed by atoms with Gasteiger partial charge in [-0.15, -0.1) is 10.2 Å². The molecule has 0 fully saturated rings. The van der Waals surface area contributed by atoms with Crippen molar-refractivity contribution in [3.63, 3.8) is 0 Å². The quantitative estimate of drug-likeness (QED) is 0.782. The molecule has 0 N–H and O–H groups in total. The summed E-state index contributed by atoms with van der Waals surface area (Å²) >= 11 is 0. The summed E-state index contributed by atoms with van der Waals surface area (Å²) in [5.74, 6) is 0.699. The molecule has 1 aromatic carbocycles. The molecular formula is C14H16N4O2. The summed E-state index contributed by atoms with van der Waals surface area (Å²) in [7, 11) is 1.39. The molecule has 0 amide bonds. The third-order valence-electron chi connectivity index (χ3n) is 3.50. The SMILES string of the molecule is COC(=O)c1ccc(CN2CCn3cnnc3C2)cc1. The van der Waals surface area contributed by atoms with Gasteiger partial charge in [-0.2, -0.15) is 0 Å². The summed E-state index contributed by atoms with van der Waals surface area (Å²) in [4.78, 5) is 13.7. The van der Waals surface area contributed by atoms with Gasteiger partial charge in [0.1, 0.15) is 12.2 Å². The zero-order valence-corrected chi connectivity index (χ0v) is 11.3. The maximum Gasteiger partial charge on any atom is 0.337 e. The van der Waals surface area contributed by atoms with Crippen molar-refractivity contribution in [3.05, 3.63) is 47.5 Å². The van der Waals surface area contributed by atoms with Crippen LogP contribution in [-0.2, 0) is 24.4 Å². The highest BCUT2D eigenvalue weighted by Gasteiger charge is 2.17. The van der Waals surface area contributed by atoms with E-state index in [4.69, 9.17) is 0 Å². The number of fused-ring (bicyclic) bond motifs is 1. The largest absolute Gasteiger partial charge is 0.465 e. The fourth-order valence-corrected chi connectivity index (χ4v) is 2.37. The normalized spacial score (nSPS) is 14.8. The van der Waals surface area contributed by atoms with Crippen LogP contribution in [0.5, 0.6) is 0 Å². The fraction of sp³-hybridized carbons (Fsp3) is 0.357. The van der Waals surface area contributed by atoms with Crippen LogP contribution in [0.4, 0.5) is 0 Å². The first-order chi connectivity index (χ1) is 9.76. The standard InChI is InChI=1S/C14H16N4O2/c1-20-14(19)12-4-2-11(3-5-12)8-17-6-7-18-10-15-16-13(18)9-17/h2-5,10H,6-9H2,1H3. The van der Waals surface area contributed by atoms with E-state index in [0.717, 1.165) is 32.0 Å². The average molecular weight is 272 g/mol. The van der Waals surface area contributed by atoms with E-state index in [0.29, 0.717) is 5.56 Å². The maximum atomic E-state index is 11.4. The van der Waals surface area contributed by atoms with Crippen molar-refractivity contribution in [2.24, 2.45) is 0 Å². The number of benzene rings is 1. The predicted molar refractivity (Wildman–Crippen MR) is 71.9 cm³/mol. The molecule has 1 aliphatic rings. The van der Waals surface area contributed by atoms with E-state index in [1.807, 2.05) is 12.1 Å². The second-order valence-corrected chi connectivity index (χ2v) is 4.84. The molecule has 3 rings (SSSR count). The van der Waals surface area contributed by atoms with Crippen LogP contribution < -0.4 is 0 Å². The third kappa shape index (κ3) is 2.55. The minimum Gasteiger partial charge on any atom is -0.465 e. The first-order valence-corrected chi connectivity index (χ1v) is 6.52. The van der Waals surface area contributed by atoms with Crippen LogP contribution in [0.25, 0.3) is 0 Å². The summed E-state index contributed by atoms with van der Waals surface area (Å²) in [5, 5.41) is 8.03. The molecular weight excluding hydrogens is 256 g/mol. The van der Waals surface area contributed by atoms with Crippen molar-refractivity contribution in [2.75, 3.05) is 13.7 Å². The maximum absolute atomic E-state index is 11.4. The van der Waals surface area contributed by atoms with E-state index < -0.39 is 0 Å². The predicted octanol–water partition coefficient (Wildman–Crippen LogP) is 1.08. The smallest absolute Gasteiger partial charge is 0.337 e. The molecule has 0 atom stereocenters. The number of ether oxygens (including phenoxy) is 1. The lowest BCUT2D eigenvalue weighted by molar-refractivity contribution is 0.0600. The Morgan fingerprint density at radius 1 is 1.30 bits per heavy atom. The number of hydrogen-bond acceptors (Lipinski definition) is 5. The van der Waals surface area contributed by atoms with Crippen LogP contribution in [0.1, 0.15) is 21.7 Å². The number of hydrogen-bond donors (Lipinski definition) is 0. The van der Waals surface area contributed by atoms with Gasteiger partial charge in [-0.05, 0) is 17.7 Å². The zero-order chi connectivity index (χ0) is 13.9. The Bertz CT molecular complexity index is 606. The second-order valence-electron chi connectivity index (χ2n) is 4.84. The summed E-state index contributed by atoms with van der Waals surface area (Å²) < 4.78 is 6.77. The zero-order valence-electron chi connectivity index (χ0n) is 11.3. The van der Waals surface area contributed by atoms with Crippen molar-refractivity contribution in [1.82, 2.24) is 19.7 Å². The Labute approximate surface area is 117 Å². The molecule has 20 heavy (non-hydrogen) atoms. The number of rotatable bonds is 3. The number of carbonyl (C=O) groups excluding carboxylic acids is 1. The number of esters is 1. The van der Waals surface area contributed by atoms with Gasteiger partial charge in [0.15, 0.2) is 0 Å². The van der Waals surface area contributed by atoms with Crippen molar-refractivity contribution in [3.8, 4) is 0 Å². The first kappa shape index (κ1) is 12.8. The van der Waals surface area contributed by atoms with E-state index in [2.05, 4.69) is 24.4 Å². The lowest BCUT2D eigenvalue weighted by Gasteiger charge is -2.26. The van der Waals surface area contributed by atoms with Crippen LogP contribution >= 0.6 is 0 Å². The fourth-order valence-electron chi connectivity index (χ4n) is 2.37. The van der Waals surface area contributed by atoms with Crippen molar-refractivity contribution in [2.45, 2.75) is 19.6 Å². The molecule has 0 unspecified atom stereocenters. The highest BCUT2D eigenvalue weighted by molar-refractivity contribution is 5.89. The molecule has 6 nitrogen and oxygen atoms in total. The lowest BCUT2D eigenvalue weighted by atomic mass is 10.1. The van der Waals surface area contributed by atoms with Gasteiger partial charge in [0.05, 0.1) is 19.2 Å². The highest BCUT2D eigenvalue weighted by atomic mass is 16.5. The third-order valence-corrected chi connectivity index (χ3v) is 3.50. The Kier molecular flexibility index (Phi) is 3.47. The Hall–Kier alpha value is -2.21. The molecule has 0 saturated heterocycles. The molecule has 104 valence electrons. The monoisotopic (exact) mass is 272 g/mol. The van der Waals surface area contributed by atoms with Crippen LogP contribution in [0, 0.1) is 0 Å². The molecule has 0 spiro atoms. The Balaban J connectivity index is 1.65. The van der Waals surface area contributed by atoms with Crippen molar-refractivity contribution in [1.29, 1.82) is 0 Å². The van der Waals surface area contributed by atoms with Crippen LogP contribution in [0.15, 0.2) is 30.6 Å². The summed E-state index contributed by atoms with van der Waals surface area (Å²) in [6.45, 7) is 3.54. The van der Waals surface area contributed by atoms with E-state index in [1.165, 1.54) is 12.7 Å². The Morgan fingerprint density at radius 2 is 2.10 bits per heavy atom. The molecule has 0 radical (unpaired) electrons. The lowest BCUT2D eigenvalue weighted by Crippen LogP contribution is -2.33. The van der Waals surface area contributed by atoms with Gasteiger partial charge in [0.25, 0.3) is 0 Å². The van der Waals surface area contributed by atoms with E-state index >= 15 is 0 Å². The average Bonchev–Trinajstić information content (AvgIpc) is 2.95. The van der Waals surface area contributed by atoms with Crippen molar-refractivity contribution < 1.29 is 9.53 Å². The molecule has 0 aliphatic carbocycles. The van der Waals surface area contributed by atoms with Crippen molar-refractivity contribution >= 4 is 5.97 Å². The van der Waals surface area contributed by atoms with E-state index in [1.54, 1.807) is 18.5 Å². The summed E-state index contributed by atoms with van der Waals surface area (Å²) in [6, 6.07) is 7.53. The molecule has 0 bridgehead atoms.